The van der Waals surface area contributed by atoms with E-state index in [-0.39, 0.29) is 5.91 Å². The predicted molar refractivity (Wildman–Crippen MR) is 102 cm³/mol. The van der Waals surface area contributed by atoms with Gasteiger partial charge in [0.2, 0.25) is 5.95 Å². The van der Waals surface area contributed by atoms with Gasteiger partial charge in [0.25, 0.3) is 5.91 Å². The number of nitrogens with one attached hydrogen (secondary N) is 1. The fourth-order valence-electron chi connectivity index (χ4n) is 2.24. The number of unbranched alkanes of at least 4 members (excludes halogenated alkanes) is 1. The number of nitrogens with zero attached hydrogens (tertiary/aromatic N) is 3. The van der Waals surface area contributed by atoms with Crippen molar-refractivity contribution in [2.24, 2.45) is 0 Å². The van der Waals surface area contributed by atoms with Crippen molar-refractivity contribution in [3.63, 3.8) is 0 Å². The lowest BCUT2D eigenvalue weighted by molar-refractivity contribution is 0.102. The Labute approximate surface area is 151 Å². The smallest absolute Gasteiger partial charge is 0.274 e. The van der Waals surface area contributed by atoms with Gasteiger partial charge in [-0.15, -0.1) is 0 Å². The number of benzene rings is 1. The SMILES string of the molecule is CCCCN(C)c1nc(C)cc(C(=O)Nc2ccc(C)cc2Br)n1. The van der Waals surface area contributed by atoms with E-state index in [9.17, 15) is 4.79 Å². The summed E-state index contributed by atoms with van der Waals surface area (Å²) < 4.78 is 0.849. The topological polar surface area (TPSA) is 58.1 Å². The van der Waals surface area contributed by atoms with Gasteiger partial charge < -0.3 is 10.2 Å². The Bertz CT molecular complexity index is 733. The number of rotatable bonds is 6. The summed E-state index contributed by atoms with van der Waals surface area (Å²) in [7, 11) is 1.95. The van der Waals surface area contributed by atoms with E-state index in [1.165, 1.54) is 0 Å². The van der Waals surface area contributed by atoms with Gasteiger partial charge in [0.05, 0.1) is 5.69 Å². The molecule has 1 N–H and O–H groups in total. The van der Waals surface area contributed by atoms with Gasteiger partial charge in [-0.25, -0.2) is 9.97 Å². The van der Waals surface area contributed by atoms with Crippen molar-refractivity contribution in [3.05, 3.63) is 45.7 Å². The number of carbonyl (C=O) groups is 1. The molecule has 1 heterocycles. The van der Waals surface area contributed by atoms with Crippen molar-refractivity contribution in [1.82, 2.24) is 9.97 Å². The number of hydrogen-bond donors (Lipinski definition) is 1. The van der Waals surface area contributed by atoms with Crippen molar-refractivity contribution < 1.29 is 4.79 Å². The Kier molecular flexibility index (Phi) is 6.31. The van der Waals surface area contributed by atoms with Crippen LogP contribution in [0.15, 0.2) is 28.7 Å². The maximum Gasteiger partial charge on any atom is 0.274 e. The Morgan fingerprint density at radius 2 is 2.00 bits per heavy atom. The third-order valence-electron chi connectivity index (χ3n) is 3.64. The number of halogens is 1. The lowest BCUT2D eigenvalue weighted by Crippen LogP contribution is -2.23. The number of hydrogen-bond acceptors (Lipinski definition) is 4. The Hall–Kier alpha value is -1.95. The predicted octanol–water partition coefficient (Wildman–Crippen LogP) is 4.34. The van der Waals surface area contributed by atoms with Crippen molar-refractivity contribution in [1.29, 1.82) is 0 Å². The number of carbonyl (C=O) groups excluding carboxylic acids is 1. The van der Waals surface area contributed by atoms with Crippen LogP contribution in [-0.4, -0.2) is 29.5 Å². The first-order valence-electron chi connectivity index (χ1n) is 8.05. The second-order valence-electron chi connectivity index (χ2n) is 5.91. The molecule has 0 spiro atoms. The third kappa shape index (κ3) is 4.77. The highest BCUT2D eigenvalue weighted by molar-refractivity contribution is 9.10. The zero-order chi connectivity index (χ0) is 17.7. The molecule has 0 unspecified atom stereocenters. The molecule has 0 saturated carbocycles. The summed E-state index contributed by atoms with van der Waals surface area (Å²) in [5, 5.41) is 2.90. The molecule has 2 rings (SSSR count). The largest absolute Gasteiger partial charge is 0.344 e. The summed E-state index contributed by atoms with van der Waals surface area (Å²) in [6, 6.07) is 7.49. The number of amides is 1. The van der Waals surface area contributed by atoms with E-state index in [1.807, 2.05) is 44.0 Å². The van der Waals surface area contributed by atoms with E-state index in [0.29, 0.717) is 11.6 Å². The second kappa shape index (κ2) is 8.24. The molecule has 0 radical (unpaired) electrons. The highest BCUT2D eigenvalue weighted by atomic mass is 79.9. The quantitative estimate of drug-likeness (QED) is 0.796. The van der Waals surface area contributed by atoms with Gasteiger partial charge in [0.15, 0.2) is 0 Å². The van der Waals surface area contributed by atoms with Crippen molar-refractivity contribution >= 4 is 33.5 Å². The molecule has 5 nitrogen and oxygen atoms in total. The first kappa shape index (κ1) is 18.4. The van der Waals surface area contributed by atoms with E-state index < -0.39 is 0 Å². The molecule has 2 aromatic rings. The molecule has 0 bridgehead atoms. The van der Waals surface area contributed by atoms with Crippen LogP contribution >= 0.6 is 15.9 Å². The molecular formula is C18H23BrN4O. The minimum Gasteiger partial charge on any atom is -0.344 e. The summed E-state index contributed by atoms with van der Waals surface area (Å²) in [6.07, 6.45) is 2.16. The Morgan fingerprint density at radius 1 is 1.25 bits per heavy atom. The summed E-state index contributed by atoms with van der Waals surface area (Å²) >= 11 is 3.47. The molecule has 0 fully saturated rings. The summed E-state index contributed by atoms with van der Waals surface area (Å²) in [6.45, 7) is 6.88. The van der Waals surface area contributed by atoms with E-state index in [1.54, 1.807) is 6.07 Å². The van der Waals surface area contributed by atoms with Gasteiger partial charge >= 0.3 is 0 Å². The third-order valence-corrected chi connectivity index (χ3v) is 4.29. The van der Waals surface area contributed by atoms with Crippen LogP contribution in [0, 0.1) is 13.8 Å². The van der Waals surface area contributed by atoms with Gasteiger partial charge in [-0.05, 0) is 60.0 Å². The minimum atomic E-state index is -0.241. The van der Waals surface area contributed by atoms with E-state index in [4.69, 9.17) is 0 Å². The molecular weight excluding hydrogens is 368 g/mol. The maximum absolute atomic E-state index is 12.6. The molecule has 1 aromatic heterocycles. The van der Waals surface area contributed by atoms with E-state index in [0.717, 1.165) is 40.8 Å². The number of anilines is 2. The lowest BCUT2D eigenvalue weighted by atomic mass is 10.2. The molecule has 0 aliphatic heterocycles. The van der Waals surface area contributed by atoms with Crippen LogP contribution in [0.25, 0.3) is 0 Å². The Morgan fingerprint density at radius 3 is 2.67 bits per heavy atom. The van der Waals surface area contributed by atoms with Crippen LogP contribution in [0.5, 0.6) is 0 Å². The van der Waals surface area contributed by atoms with Crippen LogP contribution in [0.2, 0.25) is 0 Å². The number of aromatic nitrogens is 2. The molecule has 1 aromatic carbocycles. The highest BCUT2D eigenvalue weighted by Gasteiger charge is 2.14. The summed E-state index contributed by atoms with van der Waals surface area (Å²) in [5.74, 6) is 0.340. The summed E-state index contributed by atoms with van der Waals surface area (Å²) in [5.41, 5.74) is 2.99. The van der Waals surface area contributed by atoms with Crippen molar-refractivity contribution in [2.75, 3.05) is 23.8 Å². The van der Waals surface area contributed by atoms with Gasteiger partial charge in [-0.2, -0.15) is 0 Å². The van der Waals surface area contributed by atoms with Gasteiger partial charge in [-0.1, -0.05) is 19.4 Å². The van der Waals surface area contributed by atoms with Crippen LogP contribution in [0.3, 0.4) is 0 Å². The molecule has 1 amide bonds. The van der Waals surface area contributed by atoms with Crippen molar-refractivity contribution in [2.45, 2.75) is 33.6 Å². The molecule has 0 aliphatic rings. The van der Waals surface area contributed by atoms with E-state index in [2.05, 4.69) is 38.1 Å². The fourth-order valence-corrected chi connectivity index (χ4v) is 2.84. The second-order valence-corrected chi connectivity index (χ2v) is 6.76. The maximum atomic E-state index is 12.6. The standard InChI is InChI=1S/C18H23BrN4O/c1-5-6-9-23(4)18-20-13(3)11-16(22-18)17(24)21-15-8-7-12(2)10-14(15)19/h7-8,10-11H,5-6,9H2,1-4H3,(H,21,24). The van der Waals surface area contributed by atoms with Crippen LogP contribution in [0.4, 0.5) is 11.6 Å². The van der Waals surface area contributed by atoms with Gasteiger partial charge in [-0.3, -0.25) is 4.79 Å². The fraction of sp³-hybridized carbons (Fsp3) is 0.389. The monoisotopic (exact) mass is 390 g/mol. The molecule has 0 aliphatic carbocycles. The highest BCUT2D eigenvalue weighted by Crippen LogP contribution is 2.24. The van der Waals surface area contributed by atoms with Crippen LogP contribution in [0.1, 0.15) is 41.5 Å². The molecule has 0 atom stereocenters. The van der Waals surface area contributed by atoms with Gasteiger partial charge in [0.1, 0.15) is 5.69 Å². The minimum absolute atomic E-state index is 0.241. The van der Waals surface area contributed by atoms with Gasteiger partial charge in [0, 0.05) is 23.8 Å². The zero-order valence-corrected chi connectivity index (χ0v) is 16.1. The zero-order valence-electron chi connectivity index (χ0n) is 14.6. The average molecular weight is 391 g/mol. The Balaban J connectivity index is 2.21. The van der Waals surface area contributed by atoms with Crippen LogP contribution in [-0.2, 0) is 0 Å². The molecule has 0 saturated heterocycles. The number of aryl methyl sites for hydroxylation is 2. The van der Waals surface area contributed by atoms with E-state index >= 15 is 0 Å². The lowest BCUT2D eigenvalue weighted by Gasteiger charge is -2.17. The first-order valence-corrected chi connectivity index (χ1v) is 8.84. The average Bonchev–Trinajstić information content (AvgIpc) is 2.54. The first-order chi connectivity index (χ1) is 11.4. The molecule has 128 valence electrons. The normalized spacial score (nSPS) is 10.5. The molecule has 6 heteroatoms. The van der Waals surface area contributed by atoms with Crippen molar-refractivity contribution in [3.8, 4) is 0 Å². The van der Waals surface area contributed by atoms with Crippen LogP contribution < -0.4 is 10.2 Å². The summed E-state index contributed by atoms with van der Waals surface area (Å²) in [4.78, 5) is 23.4. The molecule has 24 heavy (non-hydrogen) atoms.